The van der Waals surface area contributed by atoms with E-state index in [1.165, 1.54) is 17.8 Å². The van der Waals surface area contributed by atoms with Crippen molar-refractivity contribution in [2.45, 2.75) is 25.3 Å². The zero-order valence-corrected chi connectivity index (χ0v) is 10.7. The van der Waals surface area contributed by atoms with Crippen LogP contribution in [0.4, 0.5) is 0 Å². The number of nitrogens with one attached hydrogen (secondary N) is 1. The second-order valence-corrected chi connectivity index (χ2v) is 6.20. The molecular weight excluding hydrogens is 250 g/mol. The molecule has 2 aliphatic rings. The number of rotatable bonds is 4. The summed E-state index contributed by atoms with van der Waals surface area (Å²) in [6, 6.07) is 2.65. The van der Waals surface area contributed by atoms with Gasteiger partial charge >= 0.3 is 5.97 Å². The first-order chi connectivity index (χ1) is 8.65. The van der Waals surface area contributed by atoms with E-state index in [1.807, 2.05) is 5.38 Å². The van der Waals surface area contributed by atoms with E-state index in [4.69, 9.17) is 0 Å². The number of carbonyl (C=O) groups is 2. The van der Waals surface area contributed by atoms with Gasteiger partial charge in [-0.05, 0) is 42.5 Å². The van der Waals surface area contributed by atoms with Crippen molar-refractivity contribution < 1.29 is 14.7 Å². The number of carboxylic acid groups (broad SMARTS) is 1. The van der Waals surface area contributed by atoms with E-state index < -0.39 is 12.0 Å². The van der Waals surface area contributed by atoms with Crippen molar-refractivity contribution in [3.63, 3.8) is 0 Å². The number of hydrogen-bond donors (Lipinski definition) is 2. The van der Waals surface area contributed by atoms with Crippen molar-refractivity contribution in [1.82, 2.24) is 5.32 Å². The quantitative estimate of drug-likeness (QED) is 0.875. The fourth-order valence-electron chi connectivity index (χ4n) is 2.90. The number of carbonyl (C=O) groups excluding carboxylic acids is 1. The van der Waals surface area contributed by atoms with Crippen LogP contribution in [0.2, 0.25) is 0 Å². The Morgan fingerprint density at radius 3 is 2.61 bits per heavy atom. The van der Waals surface area contributed by atoms with Gasteiger partial charge < -0.3 is 10.4 Å². The van der Waals surface area contributed by atoms with E-state index >= 15 is 0 Å². The number of hydrogen-bond acceptors (Lipinski definition) is 3. The average molecular weight is 265 g/mol. The predicted molar refractivity (Wildman–Crippen MR) is 67.2 cm³/mol. The summed E-state index contributed by atoms with van der Waals surface area (Å²) in [5.74, 6) is 0.393. The molecule has 1 aromatic heterocycles. The first-order valence-electron chi connectivity index (χ1n) is 6.21. The van der Waals surface area contributed by atoms with Crippen LogP contribution in [0.1, 0.15) is 30.2 Å². The van der Waals surface area contributed by atoms with Gasteiger partial charge in [-0.2, -0.15) is 0 Å². The lowest BCUT2D eigenvalue weighted by atomic mass is 10.0. The van der Waals surface area contributed by atoms with Crippen LogP contribution in [0, 0.1) is 17.8 Å². The molecule has 3 rings (SSSR count). The molecule has 2 aliphatic carbocycles. The Bertz CT molecular complexity index is 461. The molecule has 0 spiro atoms. The van der Waals surface area contributed by atoms with Crippen molar-refractivity contribution in [3.8, 4) is 0 Å². The van der Waals surface area contributed by atoms with Gasteiger partial charge in [0.2, 0.25) is 5.91 Å². The number of thiophene rings is 1. The smallest absolute Gasteiger partial charge is 0.331 e. The van der Waals surface area contributed by atoms with Crippen LogP contribution in [-0.2, 0) is 9.59 Å². The minimum Gasteiger partial charge on any atom is -0.479 e. The zero-order valence-electron chi connectivity index (χ0n) is 9.83. The highest BCUT2D eigenvalue weighted by molar-refractivity contribution is 7.10. The molecule has 2 fully saturated rings. The third-order valence-electron chi connectivity index (χ3n) is 3.98. The molecule has 1 amide bonds. The van der Waals surface area contributed by atoms with Crippen molar-refractivity contribution >= 4 is 23.2 Å². The van der Waals surface area contributed by atoms with Crippen LogP contribution < -0.4 is 5.32 Å². The van der Waals surface area contributed by atoms with E-state index in [0.29, 0.717) is 4.88 Å². The summed E-state index contributed by atoms with van der Waals surface area (Å²) in [7, 11) is 0. The lowest BCUT2D eigenvalue weighted by Crippen LogP contribution is -2.37. The van der Waals surface area contributed by atoms with Crippen LogP contribution >= 0.6 is 11.3 Å². The van der Waals surface area contributed by atoms with Crippen molar-refractivity contribution in [2.75, 3.05) is 0 Å². The van der Waals surface area contributed by atoms with Crippen molar-refractivity contribution in [1.29, 1.82) is 0 Å². The maximum atomic E-state index is 12.1. The molecule has 0 bridgehead atoms. The Balaban J connectivity index is 1.65. The number of fused-ring (bicyclic) bond motifs is 1. The van der Waals surface area contributed by atoms with Gasteiger partial charge in [0.15, 0.2) is 6.04 Å². The standard InChI is InChI=1S/C13H15NO3S/c15-12(9-5-7-4-8(7)6-9)14-11(13(16)17)10-2-1-3-18-10/h1-3,7-9,11H,4-6H2,(H,14,15)(H,16,17). The van der Waals surface area contributed by atoms with Crippen LogP contribution in [0.15, 0.2) is 17.5 Å². The van der Waals surface area contributed by atoms with Crippen molar-refractivity contribution in [3.05, 3.63) is 22.4 Å². The molecule has 4 nitrogen and oxygen atoms in total. The zero-order chi connectivity index (χ0) is 12.7. The molecular formula is C13H15NO3S. The highest BCUT2D eigenvalue weighted by Gasteiger charge is 2.48. The van der Waals surface area contributed by atoms with E-state index in [1.54, 1.807) is 12.1 Å². The summed E-state index contributed by atoms with van der Waals surface area (Å²) >= 11 is 1.36. The Kier molecular flexibility index (Phi) is 2.86. The molecule has 0 aliphatic heterocycles. The second-order valence-electron chi connectivity index (χ2n) is 5.22. The maximum Gasteiger partial charge on any atom is 0.331 e. The molecule has 1 heterocycles. The highest BCUT2D eigenvalue weighted by Crippen LogP contribution is 2.54. The number of aliphatic carboxylic acids is 1. The highest BCUT2D eigenvalue weighted by atomic mass is 32.1. The van der Waals surface area contributed by atoms with E-state index in [2.05, 4.69) is 5.32 Å². The third-order valence-corrected chi connectivity index (χ3v) is 4.91. The molecule has 3 unspecified atom stereocenters. The van der Waals surface area contributed by atoms with Gasteiger partial charge in [-0.3, -0.25) is 4.79 Å². The lowest BCUT2D eigenvalue weighted by Gasteiger charge is -2.17. The molecule has 0 aromatic carbocycles. The summed E-state index contributed by atoms with van der Waals surface area (Å²) in [5, 5.41) is 13.7. The Labute approximate surface area is 109 Å². The number of carboxylic acids is 1. The molecule has 5 heteroatoms. The number of amides is 1. The fourth-order valence-corrected chi connectivity index (χ4v) is 3.67. The minimum atomic E-state index is -0.992. The fraction of sp³-hybridized carbons (Fsp3) is 0.538. The van der Waals surface area contributed by atoms with Crippen LogP contribution in [0.3, 0.4) is 0 Å². The maximum absolute atomic E-state index is 12.1. The minimum absolute atomic E-state index is 0.0237. The monoisotopic (exact) mass is 265 g/mol. The Hall–Kier alpha value is -1.36. The largest absolute Gasteiger partial charge is 0.479 e. The van der Waals surface area contributed by atoms with Gasteiger partial charge in [0.05, 0.1) is 0 Å². The van der Waals surface area contributed by atoms with E-state index in [9.17, 15) is 14.7 Å². The van der Waals surface area contributed by atoms with Gasteiger partial charge in [0.1, 0.15) is 0 Å². The van der Waals surface area contributed by atoms with Crippen LogP contribution in [-0.4, -0.2) is 17.0 Å². The molecule has 0 saturated heterocycles. The predicted octanol–water partition coefficient (Wildman–Crippen LogP) is 2.04. The Morgan fingerprint density at radius 1 is 1.33 bits per heavy atom. The molecule has 1 aromatic rings. The topological polar surface area (TPSA) is 66.4 Å². The van der Waals surface area contributed by atoms with Crippen molar-refractivity contribution in [2.24, 2.45) is 17.8 Å². The van der Waals surface area contributed by atoms with Gasteiger partial charge in [0.25, 0.3) is 0 Å². The SMILES string of the molecule is O=C(NC(C(=O)O)c1cccs1)C1CC2CC2C1. The summed E-state index contributed by atoms with van der Waals surface area (Å²) in [4.78, 5) is 23.9. The first-order valence-corrected chi connectivity index (χ1v) is 7.09. The summed E-state index contributed by atoms with van der Waals surface area (Å²) in [6.07, 6.45) is 3.14. The first kappa shape index (κ1) is 11.7. The molecule has 18 heavy (non-hydrogen) atoms. The summed E-state index contributed by atoms with van der Waals surface area (Å²) < 4.78 is 0. The molecule has 3 atom stereocenters. The van der Waals surface area contributed by atoms with Gasteiger partial charge in [-0.15, -0.1) is 11.3 Å². The second kappa shape index (κ2) is 4.39. The van der Waals surface area contributed by atoms with Crippen LogP contribution in [0.25, 0.3) is 0 Å². The molecule has 0 radical (unpaired) electrons. The normalized spacial score (nSPS) is 30.6. The third kappa shape index (κ3) is 2.14. The summed E-state index contributed by atoms with van der Waals surface area (Å²) in [5.41, 5.74) is 0. The lowest BCUT2D eigenvalue weighted by molar-refractivity contribution is -0.142. The molecule has 96 valence electrons. The molecule has 2 N–H and O–H groups in total. The van der Waals surface area contributed by atoms with Gasteiger partial charge in [-0.25, -0.2) is 4.79 Å². The van der Waals surface area contributed by atoms with E-state index in [-0.39, 0.29) is 11.8 Å². The van der Waals surface area contributed by atoms with Gasteiger partial charge in [0, 0.05) is 10.8 Å². The van der Waals surface area contributed by atoms with E-state index in [0.717, 1.165) is 24.7 Å². The van der Waals surface area contributed by atoms with Crippen LogP contribution in [0.5, 0.6) is 0 Å². The van der Waals surface area contributed by atoms with Gasteiger partial charge in [-0.1, -0.05) is 6.07 Å². The summed E-state index contributed by atoms with van der Waals surface area (Å²) in [6.45, 7) is 0. The Morgan fingerprint density at radius 2 is 2.06 bits per heavy atom. The molecule has 2 saturated carbocycles. The average Bonchev–Trinajstić information content (AvgIpc) is 2.82.